The number of ether oxygens (including phenoxy) is 1. The van der Waals surface area contributed by atoms with Crippen molar-refractivity contribution >= 4 is 34.1 Å². The number of hydrogen-bond donors (Lipinski definition) is 4. The van der Waals surface area contributed by atoms with Crippen LogP contribution in [0.4, 0.5) is 26.4 Å². The molecule has 1 aromatic carbocycles. The van der Waals surface area contributed by atoms with E-state index in [0.29, 0.717) is 53.9 Å². The molecular weight excluding hydrogens is 453 g/mol. The molecule has 6 rings (SSSR count). The van der Waals surface area contributed by atoms with Gasteiger partial charge < -0.3 is 26.0 Å². The summed E-state index contributed by atoms with van der Waals surface area (Å²) in [5.74, 6) is 0.372. The number of carboxylic acid groups (broad SMARTS) is 1. The maximum atomic E-state index is 15.4. The third-order valence-corrected chi connectivity index (χ3v) is 7.55. The van der Waals surface area contributed by atoms with E-state index in [2.05, 4.69) is 15.3 Å². The molecule has 0 saturated heterocycles. The van der Waals surface area contributed by atoms with Gasteiger partial charge in [0.2, 0.25) is 5.88 Å². The molecule has 0 atom stereocenters. The number of halogens is 1. The Labute approximate surface area is 200 Å². The summed E-state index contributed by atoms with van der Waals surface area (Å²) in [6.07, 6.45) is 4.56. The summed E-state index contributed by atoms with van der Waals surface area (Å²) >= 11 is 0. The number of rotatable bonds is 4. The summed E-state index contributed by atoms with van der Waals surface area (Å²) in [5, 5.41) is 24.8. The van der Waals surface area contributed by atoms with Gasteiger partial charge in [-0.05, 0) is 61.6 Å². The van der Waals surface area contributed by atoms with Crippen molar-refractivity contribution in [2.75, 3.05) is 29.1 Å². The number of benzene rings is 1. The van der Waals surface area contributed by atoms with E-state index in [4.69, 9.17) is 10.5 Å². The normalized spacial score (nSPS) is 23.1. The molecule has 2 saturated carbocycles. The fourth-order valence-corrected chi connectivity index (χ4v) is 5.44. The van der Waals surface area contributed by atoms with Crippen molar-refractivity contribution in [2.24, 2.45) is 5.92 Å². The van der Waals surface area contributed by atoms with Crippen LogP contribution in [-0.4, -0.2) is 51.1 Å². The minimum atomic E-state index is -1.14. The monoisotopic (exact) mass is 479 g/mol. The molecule has 35 heavy (non-hydrogen) atoms. The van der Waals surface area contributed by atoms with Crippen LogP contribution in [0.25, 0.3) is 21.9 Å². The lowest BCUT2D eigenvalue weighted by Crippen LogP contribution is -2.58. The zero-order chi connectivity index (χ0) is 24.5. The second kappa shape index (κ2) is 7.67. The van der Waals surface area contributed by atoms with Crippen molar-refractivity contribution in [1.29, 1.82) is 0 Å². The number of aromatic nitrogens is 2. The van der Waals surface area contributed by atoms with E-state index in [1.54, 1.807) is 18.3 Å². The molecule has 0 spiro atoms. The Morgan fingerprint density at radius 1 is 1.26 bits per heavy atom. The number of nitrogens with two attached hydrogens (primary N) is 1. The van der Waals surface area contributed by atoms with Crippen LogP contribution in [-0.2, 0) is 0 Å². The molecule has 3 aliphatic rings. The second-order valence-electron chi connectivity index (χ2n) is 9.76. The van der Waals surface area contributed by atoms with Crippen molar-refractivity contribution in [3.05, 3.63) is 35.9 Å². The lowest BCUT2D eigenvalue weighted by atomic mass is 9.71. The Morgan fingerprint density at radius 3 is 2.74 bits per heavy atom. The van der Waals surface area contributed by atoms with Crippen LogP contribution in [0.15, 0.2) is 24.5 Å². The number of carbonyl (C=O) groups is 1. The van der Waals surface area contributed by atoms with E-state index < -0.39 is 17.5 Å². The van der Waals surface area contributed by atoms with Crippen LogP contribution in [0.5, 0.6) is 5.88 Å². The summed E-state index contributed by atoms with van der Waals surface area (Å²) in [7, 11) is 0. The summed E-state index contributed by atoms with van der Waals surface area (Å²) in [6.45, 7) is 2.99. The van der Waals surface area contributed by atoms with Crippen molar-refractivity contribution < 1.29 is 24.1 Å². The van der Waals surface area contributed by atoms with Crippen molar-refractivity contribution in [3.63, 3.8) is 0 Å². The molecular formula is C25H26FN5O4. The molecule has 10 heteroatoms. The maximum Gasteiger partial charge on any atom is 0.413 e. The Bertz CT molecular complexity index is 1370. The minimum absolute atomic E-state index is 0.0634. The van der Waals surface area contributed by atoms with E-state index in [-0.39, 0.29) is 29.0 Å². The standard InChI is InChI=1S/C25H26FN5O4/c1-12-17(10-30-23-22(12)28-4-5-35-23)16-6-13-7-19(29-11-18(13)21(27)20(16)26)31(24(32)33)15-8-25(34,9-15)14-2-3-14/h6-7,10-11,14-15,28,34H,2-5,8-9,27H2,1H3,(H,32,33)/t15-,25-. The van der Waals surface area contributed by atoms with Crippen molar-refractivity contribution in [1.82, 2.24) is 9.97 Å². The van der Waals surface area contributed by atoms with Gasteiger partial charge in [-0.15, -0.1) is 0 Å². The largest absolute Gasteiger partial charge is 0.474 e. The maximum absolute atomic E-state index is 15.4. The van der Waals surface area contributed by atoms with Gasteiger partial charge in [0.1, 0.15) is 18.1 Å². The van der Waals surface area contributed by atoms with Gasteiger partial charge in [0.15, 0.2) is 5.82 Å². The molecule has 182 valence electrons. The van der Waals surface area contributed by atoms with E-state index in [1.165, 1.54) is 11.1 Å². The van der Waals surface area contributed by atoms with Gasteiger partial charge in [-0.25, -0.2) is 19.2 Å². The molecule has 9 nitrogen and oxygen atoms in total. The Kier molecular flexibility index (Phi) is 4.79. The number of fused-ring (bicyclic) bond motifs is 2. The molecule has 2 aliphatic carbocycles. The highest BCUT2D eigenvalue weighted by Gasteiger charge is 2.55. The van der Waals surface area contributed by atoms with Crippen LogP contribution in [0.1, 0.15) is 31.2 Å². The quantitative estimate of drug-likeness (QED) is 0.414. The predicted octanol–water partition coefficient (Wildman–Crippen LogP) is 3.92. The third kappa shape index (κ3) is 3.43. The van der Waals surface area contributed by atoms with Gasteiger partial charge in [-0.2, -0.15) is 0 Å². The number of nitrogens with one attached hydrogen (secondary N) is 1. The number of hydrogen-bond acceptors (Lipinski definition) is 7. The van der Waals surface area contributed by atoms with E-state index in [9.17, 15) is 15.0 Å². The highest BCUT2D eigenvalue weighted by Crippen LogP contribution is 2.52. The number of nitrogen functional groups attached to an aromatic ring is 1. The number of anilines is 3. The molecule has 1 aliphatic heterocycles. The highest BCUT2D eigenvalue weighted by molar-refractivity contribution is 6.00. The summed E-state index contributed by atoms with van der Waals surface area (Å²) in [5.41, 5.74) is 7.64. The van der Waals surface area contributed by atoms with Gasteiger partial charge in [0, 0.05) is 41.5 Å². The van der Waals surface area contributed by atoms with Gasteiger partial charge in [-0.1, -0.05) is 0 Å². The molecule has 0 radical (unpaired) electrons. The molecule has 3 aromatic rings. The van der Waals surface area contributed by atoms with Crippen LogP contribution in [0.2, 0.25) is 0 Å². The summed E-state index contributed by atoms with van der Waals surface area (Å²) in [4.78, 5) is 22.0. The van der Waals surface area contributed by atoms with Crippen molar-refractivity contribution in [2.45, 2.75) is 44.2 Å². The van der Waals surface area contributed by atoms with Crippen LogP contribution < -0.4 is 20.7 Å². The first-order valence-electron chi connectivity index (χ1n) is 11.8. The Morgan fingerprint density at radius 2 is 2.03 bits per heavy atom. The minimum Gasteiger partial charge on any atom is -0.474 e. The first-order valence-corrected chi connectivity index (χ1v) is 11.8. The average molecular weight is 480 g/mol. The lowest BCUT2D eigenvalue weighted by Gasteiger charge is -2.47. The van der Waals surface area contributed by atoms with Crippen LogP contribution in [0.3, 0.4) is 0 Å². The Hall–Kier alpha value is -3.66. The smallest absolute Gasteiger partial charge is 0.413 e. The van der Waals surface area contributed by atoms with Gasteiger partial charge in [0.25, 0.3) is 0 Å². The average Bonchev–Trinajstić information content (AvgIpc) is 3.67. The zero-order valence-corrected chi connectivity index (χ0v) is 19.2. The van der Waals surface area contributed by atoms with E-state index in [0.717, 1.165) is 18.4 Å². The number of aliphatic hydroxyl groups is 1. The first-order chi connectivity index (χ1) is 16.8. The van der Waals surface area contributed by atoms with E-state index in [1.807, 2.05) is 6.92 Å². The van der Waals surface area contributed by atoms with E-state index >= 15 is 4.39 Å². The predicted molar refractivity (Wildman–Crippen MR) is 129 cm³/mol. The van der Waals surface area contributed by atoms with Crippen LogP contribution in [0, 0.1) is 18.7 Å². The summed E-state index contributed by atoms with van der Waals surface area (Å²) < 4.78 is 21.0. The third-order valence-electron chi connectivity index (χ3n) is 7.55. The van der Waals surface area contributed by atoms with Gasteiger partial charge in [0.05, 0.1) is 11.3 Å². The molecule has 3 heterocycles. The molecule has 2 fully saturated rings. The second-order valence-corrected chi connectivity index (χ2v) is 9.76. The number of amides is 1. The molecule has 2 aromatic heterocycles. The number of pyridine rings is 2. The molecule has 1 amide bonds. The SMILES string of the molecule is Cc1c(-c2cc3cc(N(C(=O)O)[C@H]4C[C@@](O)(C5CC5)C4)ncc3c(N)c2F)cnc2c1NCCO2. The fraction of sp³-hybridized carbons (Fsp3) is 0.400. The summed E-state index contributed by atoms with van der Waals surface area (Å²) in [6, 6.07) is 2.89. The molecule has 0 unspecified atom stereocenters. The van der Waals surface area contributed by atoms with Gasteiger partial charge >= 0.3 is 6.09 Å². The topological polar surface area (TPSA) is 134 Å². The zero-order valence-electron chi connectivity index (χ0n) is 19.2. The fourth-order valence-electron chi connectivity index (χ4n) is 5.44. The molecule has 0 bridgehead atoms. The highest BCUT2D eigenvalue weighted by atomic mass is 19.1. The molecule has 5 N–H and O–H groups in total. The van der Waals surface area contributed by atoms with Crippen molar-refractivity contribution in [3.8, 4) is 17.0 Å². The van der Waals surface area contributed by atoms with Gasteiger partial charge in [-0.3, -0.25) is 4.90 Å². The van der Waals surface area contributed by atoms with Crippen LogP contribution >= 0.6 is 0 Å². The Balaban J connectivity index is 1.41. The number of nitrogens with zero attached hydrogens (tertiary/aromatic N) is 3. The first kappa shape index (κ1) is 21.8. The lowest BCUT2D eigenvalue weighted by molar-refractivity contribution is -0.0661.